The van der Waals surface area contributed by atoms with Gasteiger partial charge >= 0.3 is 7.59 Å². The van der Waals surface area contributed by atoms with Gasteiger partial charge in [0.2, 0.25) is 0 Å². The van der Waals surface area contributed by atoms with Crippen LogP contribution in [0.3, 0.4) is 0 Å². The van der Waals surface area contributed by atoms with Gasteiger partial charge in [-0.25, -0.2) is 0 Å². The molecule has 0 radical (unpaired) electrons. The molecule has 0 fully saturated rings. The van der Waals surface area contributed by atoms with Gasteiger partial charge in [-0.2, -0.15) is 0 Å². The summed E-state index contributed by atoms with van der Waals surface area (Å²) in [6, 6.07) is 0. The second-order valence-corrected chi connectivity index (χ2v) is 4.89. The molecule has 0 aromatic carbocycles. The molecule has 0 heterocycles. The topological polar surface area (TPSA) is 90.8 Å². The lowest BCUT2D eigenvalue weighted by Gasteiger charge is -2.26. The second kappa shape index (κ2) is 5.05. The van der Waals surface area contributed by atoms with Gasteiger partial charge in [-0.1, -0.05) is 0 Å². The summed E-state index contributed by atoms with van der Waals surface area (Å²) in [4.78, 5) is 10.7. The average Bonchev–Trinajstić information content (AvgIpc) is 1.81. The Morgan fingerprint density at radius 3 is 1.54 bits per heavy atom. The molecule has 0 aromatic rings. The molecule has 0 saturated carbocycles. The van der Waals surface area contributed by atoms with E-state index in [1.807, 2.05) is 0 Å². The number of hydrogen-bond acceptors (Lipinski definition) is 3. The fourth-order valence-electron chi connectivity index (χ4n) is 0.533. The summed E-state index contributed by atoms with van der Waals surface area (Å²) in [6.07, 6.45) is -0.390. The normalized spacial score (nSPS) is 13.3. The molecule has 0 amide bonds. The van der Waals surface area contributed by atoms with Crippen LogP contribution in [0, 0.1) is 0 Å². The van der Waals surface area contributed by atoms with E-state index in [0.717, 1.165) is 0 Å². The second-order valence-electron chi connectivity index (χ2n) is 3.22. The maximum atomic E-state index is 11.2. The van der Waals surface area contributed by atoms with E-state index in [1.54, 1.807) is 27.7 Å². The molecule has 0 atom stereocenters. The predicted octanol–water partition coefficient (Wildman–Crippen LogP) is 0.994. The van der Waals surface area contributed by atoms with Crippen LogP contribution in [0.15, 0.2) is 0 Å². The molecule has 0 saturated heterocycles. The summed E-state index contributed by atoms with van der Waals surface area (Å²) >= 11 is 0. The quantitative estimate of drug-likeness (QED) is 0.520. The molecule has 80 valence electrons. The third-order valence-corrected chi connectivity index (χ3v) is 1.56. The van der Waals surface area contributed by atoms with Crippen molar-refractivity contribution in [2.24, 2.45) is 11.0 Å². The van der Waals surface area contributed by atoms with Crippen LogP contribution in [-0.4, -0.2) is 17.2 Å². The Balaban J connectivity index is 4.29. The monoisotopic (exact) mass is 211 g/mol. The zero-order valence-electron chi connectivity index (χ0n) is 8.43. The Kier molecular flexibility index (Phi) is 5.06. The van der Waals surface area contributed by atoms with Gasteiger partial charge in [-0.05, 0) is 27.7 Å². The van der Waals surface area contributed by atoms with Gasteiger partial charge < -0.3 is 0 Å². The number of rotatable bonds is 5. The largest absolute Gasteiger partial charge is 0.323 e. The molecule has 0 bridgehead atoms. The van der Waals surface area contributed by atoms with Crippen LogP contribution in [0.1, 0.15) is 27.7 Å². The van der Waals surface area contributed by atoms with E-state index >= 15 is 0 Å². The summed E-state index contributed by atoms with van der Waals surface area (Å²) in [6.45, 7) is 7.03. The summed E-state index contributed by atoms with van der Waals surface area (Å²) in [5.74, 6) is 0. The lowest BCUT2D eigenvalue weighted by Crippen LogP contribution is -2.33. The Morgan fingerprint density at radius 1 is 1.08 bits per heavy atom. The summed E-state index contributed by atoms with van der Waals surface area (Å²) < 4.78 is 11.2. The highest BCUT2D eigenvalue weighted by Crippen LogP contribution is 2.33. The van der Waals surface area contributed by atoms with E-state index < -0.39 is 7.59 Å². The summed E-state index contributed by atoms with van der Waals surface area (Å²) in [5, 5.41) is 0. The molecule has 7 heteroatoms. The molecule has 0 unspecified atom stereocenters. The first kappa shape index (κ1) is 13.0. The number of nitrogens with two attached hydrogens (primary N) is 2. The molecule has 0 spiro atoms. The van der Waals surface area contributed by atoms with Crippen molar-refractivity contribution in [2.75, 3.05) is 0 Å². The van der Waals surface area contributed by atoms with Crippen molar-refractivity contribution < 1.29 is 14.2 Å². The van der Waals surface area contributed by atoms with Gasteiger partial charge in [0.25, 0.3) is 0 Å². The Morgan fingerprint density at radius 2 is 1.38 bits per heavy atom. The standard InChI is InChI=1S/C6H18N3O3P/c1-5(2)11-9(12-6(3)4)13(7,8)10/h5-6H,1-4H3,(H4,7,8,10). The highest BCUT2D eigenvalue weighted by Gasteiger charge is 2.26. The molecular weight excluding hydrogens is 193 g/mol. The van der Waals surface area contributed by atoms with Gasteiger partial charge in [-0.3, -0.25) is 25.2 Å². The predicted molar refractivity (Wildman–Crippen MR) is 50.3 cm³/mol. The van der Waals surface area contributed by atoms with Crippen LogP contribution >= 0.6 is 7.59 Å². The maximum absolute atomic E-state index is 11.2. The van der Waals surface area contributed by atoms with Crippen LogP contribution in [0.5, 0.6) is 0 Å². The van der Waals surface area contributed by atoms with Gasteiger partial charge in [0.05, 0.1) is 12.2 Å². The van der Waals surface area contributed by atoms with E-state index in [9.17, 15) is 4.57 Å². The third-order valence-electron chi connectivity index (χ3n) is 0.857. The highest BCUT2D eigenvalue weighted by molar-refractivity contribution is 7.56. The van der Waals surface area contributed by atoms with Gasteiger partial charge in [0, 0.05) is 5.00 Å². The molecule has 0 aliphatic rings. The van der Waals surface area contributed by atoms with E-state index in [-0.39, 0.29) is 12.2 Å². The zero-order chi connectivity index (χ0) is 10.6. The SMILES string of the molecule is CC(C)ON(OC(C)C)P(N)(N)=O. The minimum absolute atomic E-state index is 0.195. The fourth-order valence-corrected chi connectivity index (χ4v) is 1.20. The number of nitrogens with zero attached hydrogens (tertiary/aromatic N) is 1. The van der Waals surface area contributed by atoms with Crippen molar-refractivity contribution in [1.29, 1.82) is 0 Å². The van der Waals surface area contributed by atoms with E-state index in [0.29, 0.717) is 5.00 Å². The van der Waals surface area contributed by atoms with Crippen molar-refractivity contribution in [2.45, 2.75) is 39.9 Å². The summed E-state index contributed by atoms with van der Waals surface area (Å²) in [5.41, 5.74) is 10.4. The maximum Gasteiger partial charge on any atom is 0.323 e. The molecule has 6 nitrogen and oxygen atoms in total. The van der Waals surface area contributed by atoms with E-state index in [4.69, 9.17) is 20.7 Å². The van der Waals surface area contributed by atoms with Gasteiger partial charge in [0.1, 0.15) is 0 Å². The molecule has 0 aliphatic carbocycles. The van der Waals surface area contributed by atoms with Gasteiger partial charge in [0.15, 0.2) is 0 Å². The van der Waals surface area contributed by atoms with Crippen molar-refractivity contribution in [1.82, 2.24) is 5.00 Å². The Labute approximate surface area is 78.6 Å². The zero-order valence-corrected chi connectivity index (χ0v) is 9.32. The fraction of sp³-hybridized carbons (Fsp3) is 1.00. The number of hydrogen-bond donors (Lipinski definition) is 2. The molecule has 0 rings (SSSR count). The van der Waals surface area contributed by atoms with Gasteiger partial charge in [-0.15, -0.1) is 0 Å². The van der Waals surface area contributed by atoms with Crippen molar-refractivity contribution in [3.8, 4) is 0 Å². The molecular formula is C6H18N3O3P. The average molecular weight is 211 g/mol. The van der Waals surface area contributed by atoms with Crippen LogP contribution in [-0.2, 0) is 14.2 Å². The van der Waals surface area contributed by atoms with Crippen LogP contribution in [0.4, 0.5) is 0 Å². The molecule has 13 heavy (non-hydrogen) atoms. The minimum Gasteiger partial charge on any atom is -0.267 e. The van der Waals surface area contributed by atoms with Crippen molar-refractivity contribution in [3.63, 3.8) is 0 Å². The molecule has 4 N–H and O–H groups in total. The van der Waals surface area contributed by atoms with E-state index in [1.165, 1.54) is 0 Å². The first-order chi connectivity index (χ1) is 5.73. The smallest absolute Gasteiger partial charge is 0.267 e. The summed E-state index contributed by atoms with van der Waals surface area (Å²) in [7, 11) is -3.49. The molecule has 0 aromatic heterocycles. The first-order valence-corrected chi connectivity index (χ1v) is 5.84. The van der Waals surface area contributed by atoms with Crippen molar-refractivity contribution in [3.05, 3.63) is 0 Å². The van der Waals surface area contributed by atoms with E-state index in [2.05, 4.69) is 0 Å². The van der Waals surface area contributed by atoms with Crippen molar-refractivity contribution >= 4 is 7.59 Å². The van der Waals surface area contributed by atoms with Crippen LogP contribution < -0.4 is 11.0 Å². The lowest BCUT2D eigenvalue weighted by atomic mass is 10.5. The highest BCUT2D eigenvalue weighted by atomic mass is 31.2. The Bertz CT molecular complexity index is 182. The first-order valence-electron chi connectivity index (χ1n) is 4.04. The van der Waals surface area contributed by atoms with Crippen LogP contribution in [0.2, 0.25) is 0 Å². The lowest BCUT2D eigenvalue weighted by molar-refractivity contribution is -0.334. The third kappa shape index (κ3) is 6.15. The minimum atomic E-state index is -3.49. The molecule has 0 aliphatic heterocycles. The van der Waals surface area contributed by atoms with Crippen LogP contribution in [0.25, 0.3) is 0 Å². The Hall–Kier alpha value is 0.0300.